The van der Waals surface area contributed by atoms with Gasteiger partial charge in [0.25, 0.3) is 0 Å². The number of unbranched alkanes of at least 4 members (excludes halogenated alkanes) is 1. The fraction of sp³-hybridized carbons (Fsp3) is 1.00. The van der Waals surface area contributed by atoms with Gasteiger partial charge in [-0.1, -0.05) is 33.6 Å². The summed E-state index contributed by atoms with van der Waals surface area (Å²) in [4.78, 5) is 0. The Morgan fingerprint density at radius 1 is 1.00 bits per heavy atom. The minimum Gasteiger partial charge on any atom is -0.330 e. The largest absolute Gasteiger partial charge is 0.330 e. The zero-order chi connectivity index (χ0) is 6.83. The summed E-state index contributed by atoms with van der Waals surface area (Å²) in [6.45, 7) is 7.24. The van der Waals surface area contributed by atoms with Gasteiger partial charge in [-0.15, -0.1) is 0 Å². The molecule has 0 aromatic carbocycles. The molecule has 0 atom stereocenters. The van der Waals surface area contributed by atoms with Crippen molar-refractivity contribution in [3.05, 3.63) is 0 Å². The molecule has 0 saturated carbocycles. The predicted octanol–water partition coefficient (Wildman–Crippen LogP) is 2.41. The van der Waals surface area contributed by atoms with Crippen LogP contribution >= 0.6 is 0 Å². The Labute approximate surface area is 54.8 Å². The lowest BCUT2D eigenvalue weighted by atomic mass is 10.4. The molecule has 1 nitrogen and oxygen atoms in total. The molecule has 0 aromatic heterocycles. The minimum absolute atomic E-state index is 0. The Morgan fingerprint density at radius 3 is 1.25 bits per heavy atom. The molecule has 0 aliphatic rings. The van der Waals surface area contributed by atoms with Crippen molar-refractivity contribution >= 4 is 0 Å². The minimum atomic E-state index is 0. The third kappa shape index (κ3) is 38.2. The van der Waals surface area contributed by atoms with Gasteiger partial charge in [-0.2, -0.15) is 0 Å². The summed E-state index contributed by atoms with van der Waals surface area (Å²) in [7, 11) is 0. The first-order valence-corrected chi connectivity index (χ1v) is 3.53. The smallest absolute Gasteiger partial charge is 0 e. The molecule has 8 heavy (non-hydrogen) atoms. The number of rotatable bonds is 2. The Hall–Kier alpha value is -0.0400. The van der Waals surface area contributed by atoms with Gasteiger partial charge in [-0.3, -0.25) is 0 Å². The lowest BCUT2D eigenvalue weighted by Gasteiger charge is -1.70. The highest BCUT2D eigenvalue weighted by atomic mass is 14.5. The molecule has 54 valence electrons. The highest BCUT2D eigenvalue weighted by Gasteiger charge is 1.56. The molecule has 0 aromatic rings. The van der Waals surface area contributed by atoms with Crippen molar-refractivity contribution in [2.24, 2.45) is 5.73 Å². The maximum absolute atomic E-state index is 5.03. The average Bonchev–Trinajstić information content (AvgIpc) is 1.88. The summed E-state index contributed by atoms with van der Waals surface area (Å²) >= 11 is 0. The number of hydrogen-bond donors (Lipinski definition) is 1. The average molecular weight is 119 g/mol. The summed E-state index contributed by atoms with van der Waals surface area (Å²) in [5.41, 5.74) is 5.03. The van der Waals surface area contributed by atoms with Crippen molar-refractivity contribution in [1.29, 1.82) is 0 Å². The Kier molecular flexibility index (Phi) is 21.4. The SMILES string of the molecule is CCCC.CCCN.[HH]. The molecular formula is C7H21N. The fourth-order valence-electron chi connectivity index (χ4n) is 0. The van der Waals surface area contributed by atoms with Crippen molar-refractivity contribution < 1.29 is 1.43 Å². The zero-order valence-corrected chi connectivity index (χ0v) is 6.41. The van der Waals surface area contributed by atoms with E-state index in [1.807, 2.05) is 0 Å². The molecule has 0 bridgehead atoms. The van der Waals surface area contributed by atoms with Crippen LogP contribution < -0.4 is 5.73 Å². The first-order chi connectivity index (χ1) is 3.83. The lowest BCUT2D eigenvalue weighted by Crippen LogP contribution is -1.93. The fourth-order valence-corrected chi connectivity index (χ4v) is 0. The molecule has 0 rings (SSSR count). The molecule has 0 saturated heterocycles. The van der Waals surface area contributed by atoms with Crippen LogP contribution in [0.2, 0.25) is 0 Å². The van der Waals surface area contributed by atoms with Gasteiger partial charge in [0.15, 0.2) is 0 Å². The zero-order valence-electron chi connectivity index (χ0n) is 6.41. The van der Waals surface area contributed by atoms with Gasteiger partial charge in [0, 0.05) is 1.43 Å². The maximum Gasteiger partial charge on any atom is 0 e. The van der Waals surface area contributed by atoms with Crippen LogP contribution in [0.15, 0.2) is 0 Å². The normalized spacial score (nSPS) is 7.50. The molecule has 0 heterocycles. The predicted molar refractivity (Wildman–Crippen MR) is 42.0 cm³/mol. The molecule has 0 spiro atoms. The van der Waals surface area contributed by atoms with Crippen molar-refractivity contribution in [3.8, 4) is 0 Å². The Bertz CT molecular complexity index is 16.9. The lowest BCUT2D eigenvalue weighted by molar-refractivity contribution is 0.886. The highest BCUT2D eigenvalue weighted by molar-refractivity contribution is 4.19. The van der Waals surface area contributed by atoms with E-state index >= 15 is 0 Å². The van der Waals surface area contributed by atoms with Crippen molar-refractivity contribution in [3.63, 3.8) is 0 Å². The van der Waals surface area contributed by atoms with Gasteiger partial charge >= 0.3 is 0 Å². The number of nitrogens with two attached hydrogens (primary N) is 1. The van der Waals surface area contributed by atoms with E-state index in [2.05, 4.69) is 20.8 Å². The van der Waals surface area contributed by atoms with Crippen molar-refractivity contribution in [2.45, 2.75) is 40.0 Å². The first-order valence-electron chi connectivity index (χ1n) is 3.53. The summed E-state index contributed by atoms with van der Waals surface area (Å²) < 4.78 is 0. The van der Waals surface area contributed by atoms with Crippen molar-refractivity contribution in [2.75, 3.05) is 6.54 Å². The second kappa shape index (κ2) is 15.8. The van der Waals surface area contributed by atoms with E-state index in [4.69, 9.17) is 5.73 Å². The molecular weight excluding hydrogens is 98.1 g/mol. The van der Waals surface area contributed by atoms with Crippen LogP contribution in [0.25, 0.3) is 0 Å². The van der Waals surface area contributed by atoms with Crippen LogP contribution in [0.5, 0.6) is 0 Å². The number of hydrogen-bond acceptors (Lipinski definition) is 1. The molecule has 0 aliphatic carbocycles. The van der Waals surface area contributed by atoms with E-state index in [0.717, 1.165) is 13.0 Å². The Morgan fingerprint density at radius 2 is 1.25 bits per heavy atom. The molecule has 0 fully saturated rings. The van der Waals surface area contributed by atoms with Gasteiger partial charge in [-0.05, 0) is 13.0 Å². The molecule has 1 heteroatoms. The standard InChI is InChI=1S/C4H10.C3H9N.H2/c1-3-4-2;1-2-3-4;/h3-4H2,1-2H3;2-4H2,1H3;1H. The van der Waals surface area contributed by atoms with E-state index in [9.17, 15) is 0 Å². The van der Waals surface area contributed by atoms with Crippen LogP contribution in [-0.2, 0) is 0 Å². The van der Waals surface area contributed by atoms with E-state index < -0.39 is 0 Å². The van der Waals surface area contributed by atoms with E-state index in [1.54, 1.807) is 0 Å². The summed E-state index contributed by atoms with van der Waals surface area (Å²) in [5.74, 6) is 0. The third-order valence-electron chi connectivity index (χ3n) is 0.789. The molecule has 0 amide bonds. The second-order valence-electron chi connectivity index (χ2n) is 1.79. The summed E-state index contributed by atoms with van der Waals surface area (Å²) in [6, 6.07) is 0. The van der Waals surface area contributed by atoms with E-state index in [0.29, 0.717) is 0 Å². The van der Waals surface area contributed by atoms with Crippen LogP contribution in [0.4, 0.5) is 0 Å². The first kappa shape index (κ1) is 10.9. The van der Waals surface area contributed by atoms with Crippen LogP contribution in [0.3, 0.4) is 0 Å². The molecule has 0 unspecified atom stereocenters. The third-order valence-corrected chi connectivity index (χ3v) is 0.789. The quantitative estimate of drug-likeness (QED) is 0.593. The van der Waals surface area contributed by atoms with E-state index in [-0.39, 0.29) is 1.43 Å². The second-order valence-corrected chi connectivity index (χ2v) is 1.79. The summed E-state index contributed by atoms with van der Waals surface area (Å²) in [6.07, 6.45) is 3.74. The van der Waals surface area contributed by atoms with Crippen LogP contribution in [0, 0.1) is 0 Å². The van der Waals surface area contributed by atoms with Crippen LogP contribution in [-0.4, -0.2) is 6.54 Å². The van der Waals surface area contributed by atoms with Gasteiger partial charge < -0.3 is 5.73 Å². The van der Waals surface area contributed by atoms with Gasteiger partial charge in [0.05, 0.1) is 0 Å². The summed E-state index contributed by atoms with van der Waals surface area (Å²) in [5, 5.41) is 0. The monoisotopic (exact) mass is 119 g/mol. The van der Waals surface area contributed by atoms with Crippen molar-refractivity contribution in [1.82, 2.24) is 0 Å². The molecule has 0 radical (unpaired) electrons. The van der Waals surface area contributed by atoms with Gasteiger partial charge in [0.2, 0.25) is 0 Å². The van der Waals surface area contributed by atoms with Gasteiger partial charge in [-0.25, -0.2) is 0 Å². The topological polar surface area (TPSA) is 26.0 Å². The highest BCUT2D eigenvalue weighted by Crippen LogP contribution is 1.76. The maximum atomic E-state index is 5.03. The van der Waals surface area contributed by atoms with Crippen LogP contribution in [0.1, 0.15) is 41.5 Å². The molecule has 0 aliphatic heterocycles. The Balaban J connectivity index is -0.0000000720. The van der Waals surface area contributed by atoms with Gasteiger partial charge in [0.1, 0.15) is 0 Å². The molecule has 2 N–H and O–H groups in total. The van der Waals surface area contributed by atoms with E-state index in [1.165, 1.54) is 12.8 Å².